The van der Waals surface area contributed by atoms with Crippen LogP contribution >= 0.6 is 0 Å². The number of benzene rings is 1. The number of hydrogen-bond donors (Lipinski definition) is 0. The average molecular weight is 331 g/mol. The lowest BCUT2D eigenvalue weighted by molar-refractivity contribution is 0.0240. The zero-order valence-electron chi connectivity index (χ0n) is 15.1. The van der Waals surface area contributed by atoms with Crippen LogP contribution in [0.25, 0.3) is 0 Å². The molecule has 2 heterocycles. The monoisotopic (exact) mass is 331 g/mol. The summed E-state index contributed by atoms with van der Waals surface area (Å²) in [6.07, 6.45) is 2.36. The number of para-hydroxylation sites is 2. The molecule has 132 valence electrons. The Morgan fingerprint density at radius 1 is 0.875 bits per heavy atom. The van der Waals surface area contributed by atoms with Gasteiger partial charge in [0.25, 0.3) is 0 Å². The zero-order chi connectivity index (χ0) is 17.2. The summed E-state index contributed by atoms with van der Waals surface area (Å²) in [7, 11) is 0. The van der Waals surface area contributed by atoms with Gasteiger partial charge in [-0.05, 0) is 45.7 Å². The van der Waals surface area contributed by atoms with E-state index in [1.54, 1.807) is 0 Å². The van der Waals surface area contributed by atoms with Crippen LogP contribution in [0.2, 0.25) is 0 Å². The number of carbonyl (C=O) groups excluding carboxylic acids is 1. The minimum absolute atomic E-state index is 0.199. The molecule has 0 atom stereocenters. The molecule has 2 aliphatic rings. The van der Waals surface area contributed by atoms with Gasteiger partial charge >= 0.3 is 6.09 Å². The Balaban J connectivity index is 1.64. The van der Waals surface area contributed by atoms with Crippen LogP contribution in [0.3, 0.4) is 0 Å². The number of piperazine rings is 1. The van der Waals surface area contributed by atoms with Crippen molar-refractivity contribution in [3.05, 3.63) is 24.3 Å². The Morgan fingerprint density at radius 2 is 1.38 bits per heavy atom. The summed E-state index contributed by atoms with van der Waals surface area (Å²) in [5.41, 5.74) is 2.19. The average Bonchev–Trinajstić information content (AvgIpc) is 3.08. The van der Waals surface area contributed by atoms with Gasteiger partial charge in [-0.1, -0.05) is 12.1 Å². The number of amides is 1. The van der Waals surface area contributed by atoms with E-state index in [1.165, 1.54) is 24.2 Å². The summed E-state index contributed by atoms with van der Waals surface area (Å²) in [4.78, 5) is 18.9. The largest absolute Gasteiger partial charge is 0.444 e. The molecule has 0 radical (unpaired) electrons. The van der Waals surface area contributed by atoms with Crippen molar-refractivity contribution in [1.29, 1.82) is 0 Å². The van der Waals surface area contributed by atoms with Gasteiger partial charge in [0.05, 0.1) is 11.4 Å². The number of nitrogens with zero attached hydrogens (tertiary/aromatic N) is 3. The van der Waals surface area contributed by atoms with Crippen LogP contribution in [0, 0.1) is 0 Å². The molecule has 0 bridgehead atoms. The van der Waals surface area contributed by atoms with E-state index in [-0.39, 0.29) is 6.09 Å². The third kappa shape index (κ3) is 3.94. The maximum atomic E-state index is 12.2. The van der Waals surface area contributed by atoms with Crippen molar-refractivity contribution >= 4 is 17.5 Å². The van der Waals surface area contributed by atoms with E-state index in [1.807, 2.05) is 25.7 Å². The highest BCUT2D eigenvalue weighted by Crippen LogP contribution is 2.32. The maximum absolute atomic E-state index is 12.2. The minimum Gasteiger partial charge on any atom is -0.444 e. The van der Waals surface area contributed by atoms with Crippen molar-refractivity contribution < 1.29 is 9.53 Å². The number of carbonyl (C=O) groups is 1. The van der Waals surface area contributed by atoms with Crippen LogP contribution in [-0.2, 0) is 4.74 Å². The molecule has 0 aromatic heterocycles. The fraction of sp³-hybridized carbons (Fsp3) is 0.632. The van der Waals surface area contributed by atoms with Gasteiger partial charge in [0.15, 0.2) is 0 Å². The van der Waals surface area contributed by atoms with Gasteiger partial charge < -0.3 is 19.4 Å². The van der Waals surface area contributed by atoms with E-state index in [0.29, 0.717) is 13.1 Å². The van der Waals surface area contributed by atoms with Crippen LogP contribution in [0.5, 0.6) is 0 Å². The molecule has 1 amide bonds. The molecule has 0 saturated carbocycles. The molecule has 2 saturated heterocycles. The van der Waals surface area contributed by atoms with E-state index in [9.17, 15) is 4.79 Å². The van der Waals surface area contributed by atoms with E-state index in [2.05, 4.69) is 34.1 Å². The molecule has 0 aliphatic carbocycles. The third-order valence-corrected chi connectivity index (χ3v) is 4.60. The smallest absolute Gasteiger partial charge is 0.410 e. The van der Waals surface area contributed by atoms with Crippen LogP contribution < -0.4 is 9.80 Å². The van der Waals surface area contributed by atoms with Crippen molar-refractivity contribution in [2.24, 2.45) is 0 Å². The molecule has 2 fully saturated rings. The first-order chi connectivity index (χ1) is 11.4. The first-order valence-electron chi connectivity index (χ1n) is 9.01. The van der Waals surface area contributed by atoms with E-state index in [0.717, 1.165) is 26.2 Å². The molecular weight excluding hydrogens is 302 g/mol. The third-order valence-electron chi connectivity index (χ3n) is 4.60. The summed E-state index contributed by atoms with van der Waals surface area (Å²) >= 11 is 0. The van der Waals surface area contributed by atoms with Crippen molar-refractivity contribution in [3.8, 4) is 0 Å². The highest BCUT2D eigenvalue weighted by molar-refractivity contribution is 5.73. The lowest BCUT2D eigenvalue weighted by Gasteiger charge is -2.38. The second kappa shape index (κ2) is 6.91. The maximum Gasteiger partial charge on any atom is 0.410 e. The molecule has 0 unspecified atom stereocenters. The van der Waals surface area contributed by atoms with Crippen LogP contribution in [0.15, 0.2) is 24.3 Å². The van der Waals surface area contributed by atoms with Crippen molar-refractivity contribution in [1.82, 2.24) is 4.90 Å². The highest BCUT2D eigenvalue weighted by Gasteiger charge is 2.27. The molecule has 5 nitrogen and oxygen atoms in total. The highest BCUT2D eigenvalue weighted by atomic mass is 16.6. The van der Waals surface area contributed by atoms with Crippen LogP contribution in [0.4, 0.5) is 16.2 Å². The van der Waals surface area contributed by atoms with Crippen LogP contribution in [-0.4, -0.2) is 55.9 Å². The predicted octanol–water partition coefficient (Wildman–Crippen LogP) is 3.34. The normalized spacial score (nSPS) is 18.9. The van der Waals surface area contributed by atoms with Gasteiger partial charge in [0, 0.05) is 39.3 Å². The zero-order valence-corrected chi connectivity index (χ0v) is 15.1. The lowest BCUT2D eigenvalue weighted by Crippen LogP contribution is -2.50. The second-order valence-corrected chi connectivity index (χ2v) is 7.64. The fourth-order valence-corrected chi connectivity index (χ4v) is 3.41. The Bertz CT molecular complexity index is 568. The van der Waals surface area contributed by atoms with Gasteiger partial charge in [-0.2, -0.15) is 0 Å². The van der Waals surface area contributed by atoms with Crippen molar-refractivity contribution in [2.75, 3.05) is 49.1 Å². The number of anilines is 2. The van der Waals surface area contributed by atoms with Crippen molar-refractivity contribution in [2.45, 2.75) is 39.2 Å². The Kier molecular flexibility index (Phi) is 4.88. The summed E-state index contributed by atoms with van der Waals surface area (Å²) < 4.78 is 5.48. The van der Waals surface area contributed by atoms with E-state index in [4.69, 9.17) is 4.74 Å². The molecule has 1 aromatic carbocycles. The molecule has 1 aromatic rings. The quantitative estimate of drug-likeness (QED) is 0.833. The Hall–Kier alpha value is -1.91. The minimum atomic E-state index is -0.434. The summed E-state index contributed by atoms with van der Waals surface area (Å²) in [6, 6.07) is 8.65. The molecule has 0 N–H and O–H groups in total. The van der Waals surface area contributed by atoms with Gasteiger partial charge in [-0.25, -0.2) is 4.79 Å². The number of ether oxygens (including phenoxy) is 1. The van der Waals surface area contributed by atoms with Crippen molar-refractivity contribution in [3.63, 3.8) is 0 Å². The fourth-order valence-electron chi connectivity index (χ4n) is 3.41. The molecule has 2 aliphatic heterocycles. The predicted molar refractivity (Wildman–Crippen MR) is 97.9 cm³/mol. The molecule has 24 heavy (non-hydrogen) atoms. The molecular formula is C19H29N3O2. The first kappa shape index (κ1) is 16.9. The van der Waals surface area contributed by atoms with Gasteiger partial charge in [-0.3, -0.25) is 0 Å². The van der Waals surface area contributed by atoms with Gasteiger partial charge in [0.1, 0.15) is 5.60 Å². The van der Waals surface area contributed by atoms with E-state index < -0.39 is 5.60 Å². The SMILES string of the molecule is CC(C)(C)OC(=O)N1CCN(c2ccccc2N2CCCC2)CC1. The first-order valence-corrected chi connectivity index (χ1v) is 9.01. The summed E-state index contributed by atoms with van der Waals surface area (Å²) in [6.45, 7) is 11.2. The molecule has 3 rings (SSSR count). The van der Waals surface area contributed by atoms with Gasteiger partial charge in [-0.15, -0.1) is 0 Å². The Labute approximate surface area is 145 Å². The topological polar surface area (TPSA) is 36.0 Å². The number of hydrogen-bond acceptors (Lipinski definition) is 4. The molecule has 0 spiro atoms. The lowest BCUT2D eigenvalue weighted by atomic mass is 10.2. The van der Waals surface area contributed by atoms with Crippen LogP contribution in [0.1, 0.15) is 33.6 Å². The number of rotatable bonds is 2. The van der Waals surface area contributed by atoms with Gasteiger partial charge in [0.2, 0.25) is 0 Å². The standard InChI is InChI=1S/C19H29N3O2/c1-19(2,3)24-18(23)22-14-12-21(13-15-22)17-9-5-4-8-16(17)20-10-6-7-11-20/h4-5,8-9H,6-7,10-15H2,1-3H3. The second-order valence-electron chi connectivity index (χ2n) is 7.64. The summed E-state index contributed by atoms with van der Waals surface area (Å²) in [5.74, 6) is 0. The Morgan fingerprint density at radius 3 is 1.88 bits per heavy atom. The van der Waals surface area contributed by atoms with E-state index >= 15 is 0 Å². The molecule has 5 heteroatoms. The summed E-state index contributed by atoms with van der Waals surface area (Å²) in [5, 5.41) is 0.